The van der Waals surface area contributed by atoms with Crippen molar-refractivity contribution in [3.63, 3.8) is 0 Å². The Morgan fingerprint density at radius 3 is 2.11 bits per heavy atom. The van der Waals surface area contributed by atoms with Gasteiger partial charge in [0.1, 0.15) is 5.78 Å². The zero-order chi connectivity index (χ0) is 6.91. The predicted octanol–water partition coefficient (Wildman–Crippen LogP) is 0.847. The van der Waals surface area contributed by atoms with E-state index in [4.69, 9.17) is 5.73 Å². The van der Waals surface area contributed by atoms with Gasteiger partial charge in [-0.2, -0.15) is 0 Å². The summed E-state index contributed by atoms with van der Waals surface area (Å²) in [7, 11) is 0. The van der Waals surface area contributed by atoms with Crippen LogP contribution < -0.4 is 5.73 Å². The highest BCUT2D eigenvalue weighted by Gasteiger charge is 2.33. The molecule has 1 fully saturated rings. The smallest absolute Gasteiger partial charge is 0.149 e. The van der Waals surface area contributed by atoms with Crippen LogP contribution in [0.2, 0.25) is 0 Å². The largest absolute Gasteiger partial charge is 0.319 e. The van der Waals surface area contributed by atoms with E-state index in [0.29, 0.717) is 0 Å². The molecule has 9 heavy (non-hydrogen) atoms. The molecule has 0 saturated heterocycles. The van der Waals surface area contributed by atoms with Gasteiger partial charge < -0.3 is 5.73 Å². The Morgan fingerprint density at radius 2 is 1.89 bits per heavy atom. The lowest BCUT2D eigenvalue weighted by Crippen LogP contribution is -2.43. The van der Waals surface area contributed by atoms with E-state index in [-0.39, 0.29) is 5.78 Å². The van der Waals surface area contributed by atoms with Crippen molar-refractivity contribution >= 4 is 5.78 Å². The summed E-state index contributed by atoms with van der Waals surface area (Å²) < 4.78 is 0. The predicted molar refractivity (Wildman–Crippen MR) is 36.1 cm³/mol. The van der Waals surface area contributed by atoms with Gasteiger partial charge in [-0.05, 0) is 19.8 Å². The third-order valence-electron chi connectivity index (χ3n) is 2.20. The standard InChI is InChI=1S/C7H13NO/c1-6(9)7(8)4-2-3-5-7/h2-5,8H2,1H3. The average molecular weight is 127 g/mol. The van der Waals surface area contributed by atoms with Gasteiger partial charge in [-0.3, -0.25) is 4.79 Å². The van der Waals surface area contributed by atoms with Crippen molar-refractivity contribution in [2.24, 2.45) is 5.73 Å². The highest BCUT2D eigenvalue weighted by Crippen LogP contribution is 2.27. The Labute approximate surface area is 55.4 Å². The number of Topliss-reactive ketones (excluding diaryl/α,β-unsaturated/α-hetero) is 1. The highest BCUT2D eigenvalue weighted by atomic mass is 16.1. The molecule has 0 amide bonds. The van der Waals surface area contributed by atoms with E-state index in [2.05, 4.69) is 0 Å². The van der Waals surface area contributed by atoms with Crippen molar-refractivity contribution in [3.8, 4) is 0 Å². The van der Waals surface area contributed by atoms with Crippen LogP contribution >= 0.6 is 0 Å². The van der Waals surface area contributed by atoms with E-state index in [9.17, 15) is 4.79 Å². The van der Waals surface area contributed by atoms with Crippen molar-refractivity contribution in [1.82, 2.24) is 0 Å². The molecule has 2 N–H and O–H groups in total. The van der Waals surface area contributed by atoms with Crippen LogP contribution in [-0.4, -0.2) is 11.3 Å². The summed E-state index contributed by atoms with van der Waals surface area (Å²) in [4.78, 5) is 10.8. The topological polar surface area (TPSA) is 43.1 Å². The summed E-state index contributed by atoms with van der Waals surface area (Å²) >= 11 is 0. The monoisotopic (exact) mass is 127 g/mol. The Balaban J connectivity index is 2.61. The number of ketones is 1. The summed E-state index contributed by atoms with van der Waals surface area (Å²) in [6, 6.07) is 0. The zero-order valence-corrected chi connectivity index (χ0v) is 5.81. The minimum absolute atomic E-state index is 0.153. The van der Waals surface area contributed by atoms with Gasteiger partial charge in [0, 0.05) is 0 Å². The molecule has 0 spiro atoms. The Hall–Kier alpha value is -0.370. The Bertz CT molecular complexity index is 125. The first kappa shape index (κ1) is 6.75. The second-order valence-corrected chi connectivity index (χ2v) is 2.92. The number of nitrogens with two attached hydrogens (primary N) is 1. The van der Waals surface area contributed by atoms with Crippen LogP contribution in [0.1, 0.15) is 32.6 Å². The van der Waals surface area contributed by atoms with E-state index in [1.807, 2.05) is 0 Å². The van der Waals surface area contributed by atoms with Gasteiger partial charge in [-0.1, -0.05) is 12.8 Å². The molecule has 0 radical (unpaired) electrons. The van der Waals surface area contributed by atoms with Gasteiger partial charge >= 0.3 is 0 Å². The van der Waals surface area contributed by atoms with E-state index in [0.717, 1.165) is 25.7 Å². The zero-order valence-electron chi connectivity index (χ0n) is 5.81. The number of carbonyl (C=O) groups is 1. The van der Waals surface area contributed by atoms with E-state index >= 15 is 0 Å². The quantitative estimate of drug-likeness (QED) is 0.567. The van der Waals surface area contributed by atoms with Crippen LogP contribution in [-0.2, 0) is 4.79 Å². The van der Waals surface area contributed by atoms with Gasteiger partial charge in [0.05, 0.1) is 5.54 Å². The molecule has 0 unspecified atom stereocenters. The minimum atomic E-state index is -0.444. The summed E-state index contributed by atoms with van der Waals surface area (Å²) in [5.41, 5.74) is 5.31. The molecule has 1 saturated carbocycles. The third-order valence-corrected chi connectivity index (χ3v) is 2.20. The van der Waals surface area contributed by atoms with E-state index in [1.165, 1.54) is 0 Å². The van der Waals surface area contributed by atoms with E-state index < -0.39 is 5.54 Å². The van der Waals surface area contributed by atoms with Crippen LogP contribution in [0, 0.1) is 0 Å². The van der Waals surface area contributed by atoms with Crippen molar-refractivity contribution in [3.05, 3.63) is 0 Å². The maximum Gasteiger partial charge on any atom is 0.149 e. The molecule has 52 valence electrons. The van der Waals surface area contributed by atoms with Crippen molar-refractivity contribution in [2.45, 2.75) is 38.1 Å². The normalized spacial score (nSPS) is 24.2. The fourth-order valence-electron chi connectivity index (χ4n) is 1.36. The summed E-state index contributed by atoms with van der Waals surface area (Å²) in [5.74, 6) is 0.153. The summed E-state index contributed by atoms with van der Waals surface area (Å²) in [6.07, 6.45) is 4.02. The lowest BCUT2D eigenvalue weighted by molar-refractivity contribution is -0.121. The second-order valence-electron chi connectivity index (χ2n) is 2.92. The molecule has 0 aromatic carbocycles. The Kier molecular flexibility index (Phi) is 1.58. The molecule has 1 aliphatic carbocycles. The molecule has 0 atom stereocenters. The lowest BCUT2D eigenvalue weighted by atomic mass is 9.95. The molecule has 0 aromatic rings. The van der Waals surface area contributed by atoms with Crippen LogP contribution in [0.5, 0.6) is 0 Å². The summed E-state index contributed by atoms with van der Waals surface area (Å²) in [5, 5.41) is 0. The first-order chi connectivity index (χ1) is 4.15. The van der Waals surface area contributed by atoms with Gasteiger partial charge in [0.15, 0.2) is 0 Å². The molecule has 0 heterocycles. The lowest BCUT2D eigenvalue weighted by Gasteiger charge is -2.18. The maximum atomic E-state index is 10.8. The molecule has 1 aliphatic rings. The minimum Gasteiger partial charge on any atom is -0.319 e. The molecule has 0 aromatic heterocycles. The number of hydrogen-bond acceptors (Lipinski definition) is 2. The molecule has 0 bridgehead atoms. The molecular weight excluding hydrogens is 114 g/mol. The van der Waals surface area contributed by atoms with Gasteiger partial charge in [-0.15, -0.1) is 0 Å². The first-order valence-electron chi connectivity index (χ1n) is 3.45. The molecule has 2 nitrogen and oxygen atoms in total. The fraction of sp³-hybridized carbons (Fsp3) is 0.857. The average Bonchev–Trinajstić information content (AvgIpc) is 2.16. The molecule has 1 rings (SSSR count). The SMILES string of the molecule is CC(=O)C1(N)CCCC1. The summed E-state index contributed by atoms with van der Waals surface area (Å²) in [6.45, 7) is 1.59. The van der Waals surface area contributed by atoms with Crippen LogP contribution in [0.15, 0.2) is 0 Å². The van der Waals surface area contributed by atoms with Crippen molar-refractivity contribution in [2.75, 3.05) is 0 Å². The van der Waals surface area contributed by atoms with Crippen LogP contribution in [0.4, 0.5) is 0 Å². The van der Waals surface area contributed by atoms with Crippen molar-refractivity contribution < 1.29 is 4.79 Å². The number of rotatable bonds is 1. The van der Waals surface area contributed by atoms with Crippen molar-refractivity contribution in [1.29, 1.82) is 0 Å². The van der Waals surface area contributed by atoms with Gasteiger partial charge in [0.2, 0.25) is 0 Å². The molecular formula is C7H13NO. The number of hydrogen-bond donors (Lipinski definition) is 1. The van der Waals surface area contributed by atoms with E-state index in [1.54, 1.807) is 6.92 Å². The van der Waals surface area contributed by atoms with Crippen LogP contribution in [0.3, 0.4) is 0 Å². The third kappa shape index (κ3) is 1.13. The van der Waals surface area contributed by atoms with Crippen LogP contribution in [0.25, 0.3) is 0 Å². The second kappa shape index (κ2) is 2.10. The fourth-order valence-corrected chi connectivity index (χ4v) is 1.36. The highest BCUT2D eigenvalue weighted by molar-refractivity contribution is 5.86. The van der Waals surface area contributed by atoms with Gasteiger partial charge in [0.25, 0.3) is 0 Å². The first-order valence-corrected chi connectivity index (χ1v) is 3.45. The maximum absolute atomic E-state index is 10.8. The molecule has 2 heteroatoms. The number of carbonyl (C=O) groups excluding carboxylic acids is 1. The Morgan fingerprint density at radius 1 is 1.44 bits per heavy atom. The molecule has 0 aliphatic heterocycles. The van der Waals surface area contributed by atoms with Gasteiger partial charge in [-0.25, -0.2) is 0 Å².